The summed E-state index contributed by atoms with van der Waals surface area (Å²) >= 11 is 0. The van der Waals surface area contributed by atoms with Gasteiger partial charge in [0, 0.05) is 11.3 Å². The second-order valence-corrected chi connectivity index (χ2v) is 7.03. The minimum Gasteiger partial charge on any atom is -0.348 e. The van der Waals surface area contributed by atoms with Crippen LogP contribution in [0.25, 0.3) is 5.69 Å². The van der Waals surface area contributed by atoms with Crippen molar-refractivity contribution in [1.29, 1.82) is 0 Å². The summed E-state index contributed by atoms with van der Waals surface area (Å²) in [6.45, 7) is 0. The lowest BCUT2D eigenvalue weighted by atomic mass is 9.92. The minimum atomic E-state index is -4.42. The lowest BCUT2D eigenvalue weighted by Crippen LogP contribution is -2.45. The number of rotatable bonds is 3. The molecule has 1 aliphatic carbocycles. The zero-order chi connectivity index (χ0) is 19.9. The first-order valence-corrected chi connectivity index (χ1v) is 9.04. The maximum atomic E-state index is 14.1. The Hall–Kier alpha value is -2.46. The molecule has 1 amide bonds. The summed E-state index contributed by atoms with van der Waals surface area (Å²) in [4.78, 5) is 12.5. The van der Waals surface area contributed by atoms with E-state index in [0.717, 1.165) is 17.7 Å². The molecule has 3 N–H and O–H groups in total. The molecule has 3 unspecified atom stereocenters. The number of benzene rings is 1. The van der Waals surface area contributed by atoms with Crippen LogP contribution in [0.2, 0.25) is 0 Å². The molecule has 2 aliphatic rings. The summed E-state index contributed by atoms with van der Waals surface area (Å²) in [5.41, 5.74) is 6.42. The van der Waals surface area contributed by atoms with Crippen LogP contribution in [-0.4, -0.2) is 33.9 Å². The number of hydrogen-bond acceptors (Lipinski definition) is 4. The predicted molar refractivity (Wildman–Crippen MR) is 91.9 cm³/mol. The molecule has 10 heteroatoms. The van der Waals surface area contributed by atoms with Crippen molar-refractivity contribution in [2.24, 2.45) is 0 Å². The van der Waals surface area contributed by atoms with Crippen molar-refractivity contribution in [3.63, 3.8) is 0 Å². The Balaban J connectivity index is 1.50. The minimum absolute atomic E-state index is 0.324. The highest BCUT2D eigenvalue weighted by Crippen LogP contribution is 2.32. The van der Waals surface area contributed by atoms with Crippen LogP contribution in [0.15, 0.2) is 30.5 Å². The molecule has 6 nitrogen and oxygen atoms in total. The van der Waals surface area contributed by atoms with Crippen LogP contribution in [0.5, 0.6) is 0 Å². The van der Waals surface area contributed by atoms with Gasteiger partial charge in [-0.15, -0.1) is 0 Å². The number of alkyl halides is 3. The number of fused-ring (bicyclic) bond motifs is 1. The number of nitrogens with one attached hydrogen (secondary N) is 3. The van der Waals surface area contributed by atoms with Gasteiger partial charge in [0.1, 0.15) is 23.6 Å². The Morgan fingerprint density at radius 2 is 2.04 bits per heavy atom. The van der Waals surface area contributed by atoms with Crippen molar-refractivity contribution in [2.75, 3.05) is 0 Å². The van der Waals surface area contributed by atoms with Gasteiger partial charge in [0.05, 0.1) is 12.2 Å². The van der Waals surface area contributed by atoms with E-state index in [4.69, 9.17) is 0 Å². The third-order valence-corrected chi connectivity index (χ3v) is 5.19. The van der Waals surface area contributed by atoms with Gasteiger partial charge in [-0.2, -0.15) is 18.3 Å². The first kappa shape index (κ1) is 18.9. The highest BCUT2D eigenvalue weighted by atomic mass is 19.4. The number of nitrogens with zero attached hydrogens (tertiary/aromatic N) is 2. The maximum Gasteiger partial charge on any atom is 0.405 e. The lowest BCUT2D eigenvalue weighted by molar-refractivity contribution is -0.153. The number of aromatic nitrogens is 2. The maximum absolute atomic E-state index is 14.1. The molecule has 1 aliphatic heterocycles. The topological polar surface area (TPSA) is 71.0 Å². The van der Waals surface area contributed by atoms with E-state index in [0.29, 0.717) is 18.5 Å². The van der Waals surface area contributed by atoms with Crippen LogP contribution in [0.1, 0.15) is 36.6 Å². The lowest BCUT2D eigenvalue weighted by Gasteiger charge is -2.25. The smallest absolute Gasteiger partial charge is 0.348 e. The zero-order valence-electron chi connectivity index (χ0n) is 14.8. The van der Waals surface area contributed by atoms with Crippen LogP contribution >= 0.6 is 0 Å². The fourth-order valence-corrected chi connectivity index (χ4v) is 3.75. The molecular formula is C18H19F4N5O. The van der Waals surface area contributed by atoms with Crippen LogP contribution in [0.4, 0.5) is 17.6 Å². The van der Waals surface area contributed by atoms with E-state index in [9.17, 15) is 22.4 Å². The van der Waals surface area contributed by atoms with Gasteiger partial charge in [0.25, 0.3) is 0 Å². The Morgan fingerprint density at radius 1 is 1.25 bits per heavy atom. The van der Waals surface area contributed by atoms with Crippen molar-refractivity contribution in [1.82, 2.24) is 25.9 Å². The van der Waals surface area contributed by atoms with Crippen LogP contribution in [-0.2, 0) is 11.2 Å². The third kappa shape index (κ3) is 3.49. The van der Waals surface area contributed by atoms with Gasteiger partial charge in [-0.25, -0.2) is 19.9 Å². The molecular weight excluding hydrogens is 378 g/mol. The largest absolute Gasteiger partial charge is 0.405 e. The Kier molecular flexibility index (Phi) is 4.84. The molecule has 2 aromatic rings. The Bertz CT molecular complexity index is 881. The van der Waals surface area contributed by atoms with E-state index in [1.807, 2.05) is 0 Å². The van der Waals surface area contributed by atoms with Gasteiger partial charge >= 0.3 is 6.18 Å². The fourth-order valence-electron chi connectivity index (χ4n) is 3.75. The quantitative estimate of drug-likeness (QED) is 0.696. The van der Waals surface area contributed by atoms with Crippen molar-refractivity contribution in [2.45, 2.75) is 50.0 Å². The summed E-state index contributed by atoms with van der Waals surface area (Å²) in [5.74, 6) is -0.908. The first-order valence-electron chi connectivity index (χ1n) is 9.04. The number of amides is 1. The SMILES string of the molecule is O=C(NC1CCCc2c1cnn2-c1ccccc1F)C1CC(C(F)(F)F)NN1. The Labute approximate surface area is 158 Å². The molecule has 1 saturated heterocycles. The predicted octanol–water partition coefficient (Wildman–Crippen LogP) is 2.30. The second kappa shape index (κ2) is 7.17. The number of carbonyl (C=O) groups is 1. The van der Waals surface area contributed by atoms with E-state index < -0.39 is 30.0 Å². The summed E-state index contributed by atoms with van der Waals surface area (Å²) < 4.78 is 54.0. The molecule has 2 heterocycles. The average Bonchev–Trinajstić information content (AvgIpc) is 3.30. The molecule has 0 bridgehead atoms. The molecule has 3 atom stereocenters. The van der Waals surface area contributed by atoms with Crippen molar-refractivity contribution < 1.29 is 22.4 Å². The fraction of sp³-hybridized carbons (Fsp3) is 0.444. The van der Waals surface area contributed by atoms with E-state index in [-0.39, 0.29) is 12.5 Å². The van der Waals surface area contributed by atoms with Gasteiger partial charge < -0.3 is 5.32 Å². The van der Waals surface area contributed by atoms with E-state index in [1.165, 1.54) is 10.7 Å². The normalized spacial score (nSPS) is 24.8. The first-order chi connectivity index (χ1) is 13.3. The van der Waals surface area contributed by atoms with Gasteiger partial charge in [-0.3, -0.25) is 4.79 Å². The molecule has 0 saturated carbocycles. The van der Waals surface area contributed by atoms with Gasteiger partial charge in [-0.1, -0.05) is 12.1 Å². The van der Waals surface area contributed by atoms with Crippen LogP contribution in [0.3, 0.4) is 0 Å². The van der Waals surface area contributed by atoms with Crippen LogP contribution < -0.4 is 16.2 Å². The Morgan fingerprint density at radius 3 is 2.75 bits per heavy atom. The number of hydrazine groups is 1. The third-order valence-electron chi connectivity index (χ3n) is 5.19. The molecule has 0 spiro atoms. The van der Waals surface area contributed by atoms with E-state index in [2.05, 4.69) is 21.3 Å². The molecule has 1 aromatic carbocycles. The van der Waals surface area contributed by atoms with E-state index >= 15 is 0 Å². The van der Waals surface area contributed by atoms with Gasteiger partial charge in [-0.05, 0) is 37.8 Å². The van der Waals surface area contributed by atoms with Crippen LogP contribution in [0, 0.1) is 5.82 Å². The van der Waals surface area contributed by atoms with E-state index in [1.54, 1.807) is 24.4 Å². The standard InChI is InChI=1S/C18H19F4N5O/c19-11-4-1-2-6-15(11)27-14-7-3-5-12(10(14)9-23-27)24-17(28)13-8-16(26-25-13)18(20,21)22/h1-2,4,6,9,12-13,16,25-26H,3,5,7-8H2,(H,24,28). The molecule has 28 heavy (non-hydrogen) atoms. The summed E-state index contributed by atoms with van der Waals surface area (Å²) in [6, 6.07) is 3.17. The van der Waals surface area contributed by atoms with Gasteiger partial charge in [0.2, 0.25) is 5.91 Å². The molecule has 4 rings (SSSR count). The molecule has 1 aromatic heterocycles. The molecule has 150 valence electrons. The van der Waals surface area contributed by atoms with Crippen molar-refractivity contribution >= 4 is 5.91 Å². The molecule has 1 fully saturated rings. The summed E-state index contributed by atoms with van der Waals surface area (Å²) in [7, 11) is 0. The highest BCUT2D eigenvalue weighted by molar-refractivity contribution is 5.82. The number of hydrogen-bond donors (Lipinski definition) is 3. The summed E-state index contributed by atoms with van der Waals surface area (Å²) in [5, 5.41) is 7.09. The highest BCUT2D eigenvalue weighted by Gasteiger charge is 2.46. The number of carbonyl (C=O) groups excluding carboxylic acids is 1. The monoisotopic (exact) mass is 397 g/mol. The van der Waals surface area contributed by atoms with Crippen molar-refractivity contribution in [3.05, 3.63) is 47.5 Å². The number of halogens is 4. The second-order valence-electron chi connectivity index (χ2n) is 7.03. The molecule has 0 radical (unpaired) electrons. The van der Waals surface area contributed by atoms with Crippen molar-refractivity contribution in [3.8, 4) is 5.69 Å². The average molecular weight is 397 g/mol. The zero-order valence-corrected chi connectivity index (χ0v) is 14.8. The number of para-hydroxylation sites is 1. The summed E-state index contributed by atoms with van der Waals surface area (Å²) in [6.07, 6.45) is -1.13. The van der Waals surface area contributed by atoms with Gasteiger partial charge in [0.15, 0.2) is 0 Å².